The summed E-state index contributed by atoms with van der Waals surface area (Å²) < 4.78 is 26.5. The molecular weight excluding hydrogens is 146 g/mol. The zero-order chi connectivity index (χ0) is 8.15. The van der Waals surface area contributed by atoms with Crippen LogP contribution in [0.5, 0.6) is 0 Å². The van der Waals surface area contributed by atoms with Crippen molar-refractivity contribution >= 4 is 5.97 Å². The summed E-state index contributed by atoms with van der Waals surface area (Å²) in [6.07, 6.45) is -1.33. The fourth-order valence-electron chi connectivity index (χ4n) is 0.470. The van der Waals surface area contributed by atoms with E-state index in [2.05, 4.69) is 4.74 Å². The quantitative estimate of drug-likeness (QED) is 0.659. The van der Waals surface area contributed by atoms with Crippen molar-refractivity contribution in [3.05, 3.63) is 0 Å². The molecule has 0 bridgehead atoms. The maximum absolute atomic E-state index is 11.3. The molecular formula is C5H8F2O3. The third kappa shape index (κ3) is 5.43. The number of hydrogen-bond acceptors (Lipinski definition) is 2. The van der Waals surface area contributed by atoms with Crippen LogP contribution in [0.3, 0.4) is 0 Å². The molecule has 0 aromatic carbocycles. The fourth-order valence-corrected chi connectivity index (χ4v) is 0.470. The van der Waals surface area contributed by atoms with Crippen LogP contribution in [-0.2, 0) is 9.53 Å². The molecule has 0 heterocycles. The van der Waals surface area contributed by atoms with Crippen LogP contribution in [0.1, 0.15) is 13.3 Å². The average molecular weight is 154 g/mol. The second-order valence-electron chi connectivity index (χ2n) is 1.81. The molecule has 1 atom stereocenters. The van der Waals surface area contributed by atoms with Gasteiger partial charge in [-0.3, -0.25) is 4.79 Å². The van der Waals surface area contributed by atoms with Crippen LogP contribution >= 0.6 is 0 Å². The average Bonchev–Trinajstić information content (AvgIpc) is 1.58. The van der Waals surface area contributed by atoms with Crippen LogP contribution < -0.4 is 0 Å². The fraction of sp³-hybridized carbons (Fsp3) is 0.800. The van der Waals surface area contributed by atoms with Crippen molar-refractivity contribution in [2.24, 2.45) is 0 Å². The van der Waals surface area contributed by atoms with E-state index in [9.17, 15) is 13.6 Å². The molecule has 0 aliphatic heterocycles. The lowest BCUT2D eigenvalue weighted by atomic mass is 10.3. The Bertz CT molecular complexity index is 115. The molecule has 0 saturated heterocycles. The Morgan fingerprint density at radius 1 is 1.70 bits per heavy atom. The highest BCUT2D eigenvalue weighted by molar-refractivity contribution is 5.67. The predicted octanol–water partition coefficient (Wildman–Crippen LogP) is 1.09. The number of hydrogen-bond donors (Lipinski definition) is 1. The Hall–Kier alpha value is -0.710. The molecule has 0 aromatic rings. The number of alkyl halides is 2. The minimum atomic E-state index is -2.89. The lowest BCUT2D eigenvalue weighted by Gasteiger charge is -2.07. The molecule has 0 aliphatic rings. The molecule has 0 saturated carbocycles. The van der Waals surface area contributed by atoms with E-state index in [1.54, 1.807) is 0 Å². The van der Waals surface area contributed by atoms with E-state index in [-0.39, 0.29) is 0 Å². The first kappa shape index (κ1) is 9.29. The van der Waals surface area contributed by atoms with Gasteiger partial charge in [-0.2, -0.15) is 8.78 Å². The molecule has 1 N–H and O–H groups in total. The minimum Gasteiger partial charge on any atom is -0.481 e. The molecule has 0 aliphatic carbocycles. The van der Waals surface area contributed by atoms with Crippen molar-refractivity contribution in [3.8, 4) is 0 Å². The highest BCUT2D eigenvalue weighted by atomic mass is 19.3. The van der Waals surface area contributed by atoms with Gasteiger partial charge < -0.3 is 9.84 Å². The zero-order valence-electron chi connectivity index (χ0n) is 5.38. The summed E-state index contributed by atoms with van der Waals surface area (Å²) in [6.45, 7) is -1.62. The summed E-state index contributed by atoms with van der Waals surface area (Å²) in [5, 5.41) is 8.07. The van der Waals surface area contributed by atoms with Gasteiger partial charge in [0.1, 0.15) is 0 Å². The Morgan fingerprint density at radius 3 is 2.50 bits per heavy atom. The second-order valence-corrected chi connectivity index (χ2v) is 1.81. The first-order valence-corrected chi connectivity index (χ1v) is 2.67. The number of aliphatic carboxylic acids is 1. The number of carbonyl (C=O) groups is 1. The van der Waals surface area contributed by atoms with Crippen molar-refractivity contribution in [3.63, 3.8) is 0 Å². The molecule has 0 amide bonds. The van der Waals surface area contributed by atoms with Crippen molar-refractivity contribution in [1.82, 2.24) is 0 Å². The van der Waals surface area contributed by atoms with Crippen molar-refractivity contribution < 1.29 is 23.4 Å². The lowest BCUT2D eigenvalue weighted by molar-refractivity contribution is -0.167. The Balaban J connectivity index is 3.43. The third-order valence-corrected chi connectivity index (χ3v) is 0.797. The topological polar surface area (TPSA) is 46.5 Å². The van der Waals surface area contributed by atoms with Crippen LogP contribution in [0.15, 0.2) is 0 Å². The normalized spacial score (nSPS) is 13.6. The summed E-state index contributed by atoms with van der Waals surface area (Å²) in [5.74, 6) is -1.15. The molecule has 0 spiro atoms. The van der Waals surface area contributed by atoms with Gasteiger partial charge in [0.25, 0.3) is 0 Å². The van der Waals surface area contributed by atoms with Gasteiger partial charge in [0.05, 0.1) is 12.5 Å². The molecule has 0 radical (unpaired) electrons. The minimum absolute atomic E-state index is 0.398. The molecule has 0 aromatic heterocycles. The van der Waals surface area contributed by atoms with Crippen LogP contribution in [0.4, 0.5) is 8.78 Å². The first-order chi connectivity index (χ1) is 4.52. The summed E-state index contributed by atoms with van der Waals surface area (Å²) in [4.78, 5) is 9.87. The number of carboxylic acids is 1. The Kier molecular flexibility index (Phi) is 3.87. The van der Waals surface area contributed by atoms with E-state index in [0.29, 0.717) is 0 Å². The van der Waals surface area contributed by atoms with Crippen molar-refractivity contribution in [1.29, 1.82) is 0 Å². The molecule has 3 nitrogen and oxygen atoms in total. The SMILES string of the molecule is CC(CC(=O)O)OC(F)F. The van der Waals surface area contributed by atoms with Gasteiger partial charge in [-0.25, -0.2) is 0 Å². The highest BCUT2D eigenvalue weighted by Gasteiger charge is 2.12. The molecule has 0 rings (SSSR count). The van der Waals surface area contributed by atoms with E-state index in [0.717, 1.165) is 0 Å². The predicted molar refractivity (Wildman–Crippen MR) is 28.8 cm³/mol. The van der Waals surface area contributed by atoms with Gasteiger partial charge in [-0.15, -0.1) is 0 Å². The number of ether oxygens (including phenoxy) is 1. The smallest absolute Gasteiger partial charge is 0.345 e. The number of halogens is 2. The van der Waals surface area contributed by atoms with Gasteiger partial charge >= 0.3 is 12.6 Å². The molecule has 0 fully saturated rings. The van der Waals surface area contributed by atoms with Gasteiger partial charge in [-0.05, 0) is 6.92 Å². The molecule has 10 heavy (non-hydrogen) atoms. The Morgan fingerprint density at radius 2 is 2.20 bits per heavy atom. The lowest BCUT2D eigenvalue weighted by Crippen LogP contribution is -2.16. The van der Waals surface area contributed by atoms with Crippen molar-refractivity contribution in [2.45, 2.75) is 26.1 Å². The standard InChI is InChI=1S/C5H8F2O3/c1-3(2-4(8)9)10-5(6)7/h3,5H,2H2,1H3,(H,8,9). The van der Waals surface area contributed by atoms with Gasteiger partial charge in [-0.1, -0.05) is 0 Å². The van der Waals surface area contributed by atoms with Gasteiger partial charge in [0.15, 0.2) is 0 Å². The maximum Gasteiger partial charge on any atom is 0.345 e. The van der Waals surface area contributed by atoms with Crippen LogP contribution in [0.25, 0.3) is 0 Å². The van der Waals surface area contributed by atoms with Crippen LogP contribution in [-0.4, -0.2) is 23.8 Å². The van der Waals surface area contributed by atoms with Crippen molar-refractivity contribution in [2.75, 3.05) is 0 Å². The second kappa shape index (κ2) is 4.16. The van der Waals surface area contributed by atoms with Crippen LogP contribution in [0.2, 0.25) is 0 Å². The van der Waals surface area contributed by atoms with Gasteiger partial charge in [0, 0.05) is 0 Å². The third-order valence-electron chi connectivity index (χ3n) is 0.797. The maximum atomic E-state index is 11.3. The van der Waals surface area contributed by atoms with E-state index < -0.39 is 25.1 Å². The monoisotopic (exact) mass is 154 g/mol. The van der Waals surface area contributed by atoms with E-state index in [4.69, 9.17) is 5.11 Å². The number of carboxylic acid groups (broad SMARTS) is 1. The molecule has 1 unspecified atom stereocenters. The summed E-state index contributed by atoms with van der Waals surface area (Å²) in [5.41, 5.74) is 0. The van der Waals surface area contributed by atoms with E-state index in [1.165, 1.54) is 6.92 Å². The molecule has 5 heteroatoms. The largest absolute Gasteiger partial charge is 0.481 e. The van der Waals surface area contributed by atoms with E-state index in [1.807, 2.05) is 0 Å². The zero-order valence-corrected chi connectivity index (χ0v) is 5.38. The molecule has 60 valence electrons. The van der Waals surface area contributed by atoms with E-state index >= 15 is 0 Å². The Labute approximate surface area is 56.6 Å². The number of rotatable bonds is 4. The van der Waals surface area contributed by atoms with Gasteiger partial charge in [0.2, 0.25) is 0 Å². The summed E-state index contributed by atoms with van der Waals surface area (Å²) >= 11 is 0. The first-order valence-electron chi connectivity index (χ1n) is 2.67. The summed E-state index contributed by atoms with van der Waals surface area (Å²) in [6, 6.07) is 0. The highest BCUT2D eigenvalue weighted by Crippen LogP contribution is 2.03. The summed E-state index contributed by atoms with van der Waals surface area (Å²) in [7, 11) is 0. The van der Waals surface area contributed by atoms with Crippen LogP contribution in [0, 0.1) is 0 Å².